The summed E-state index contributed by atoms with van der Waals surface area (Å²) >= 11 is 0. The summed E-state index contributed by atoms with van der Waals surface area (Å²) in [5.74, 6) is -0.831. The highest BCUT2D eigenvalue weighted by atomic mass is 16.4. The van der Waals surface area contributed by atoms with Gasteiger partial charge in [-0.1, -0.05) is 32.0 Å². The Labute approximate surface area is 131 Å². The molecule has 0 aliphatic rings. The first kappa shape index (κ1) is 18.2. The number of benzene rings is 1. The molecule has 2 atom stereocenters. The van der Waals surface area contributed by atoms with Crippen molar-refractivity contribution >= 4 is 17.6 Å². The van der Waals surface area contributed by atoms with Gasteiger partial charge in [0.1, 0.15) is 0 Å². The van der Waals surface area contributed by atoms with Crippen LogP contribution in [0.2, 0.25) is 0 Å². The fourth-order valence-electron chi connectivity index (χ4n) is 2.62. The second-order valence-electron chi connectivity index (χ2n) is 6.22. The number of aliphatic carboxylic acids is 1. The van der Waals surface area contributed by atoms with Crippen molar-refractivity contribution in [2.75, 3.05) is 5.32 Å². The molecule has 1 aromatic rings. The summed E-state index contributed by atoms with van der Waals surface area (Å²) in [5, 5.41) is 11.8. The molecule has 1 aromatic carbocycles. The summed E-state index contributed by atoms with van der Waals surface area (Å²) in [6, 6.07) is 7.22. The van der Waals surface area contributed by atoms with Gasteiger partial charge < -0.3 is 16.2 Å². The van der Waals surface area contributed by atoms with Gasteiger partial charge in [0.2, 0.25) is 5.91 Å². The van der Waals surface area contributed by atoms with E-state index in [9.17, 15) is 9.59 Å². The number of nitrogens with one attached hydrogen (secondary N) is 1. The molecule has 0 heterocycles. The number of hydrogen-bond acceptors (Lipinski definition) is 3. The van der Waals surface area contributed by atoms with Crippen LogP contribution in [0.25, 0.3) is 0 Å². The lowest BCUT2D eigenvalue weighted by atomic mass is 9.91. The minimum Gasteiger partial charge on any atom is -0.481 e. The maximum Gasteiger partial charge on any atom is 0.303 e. The highest BCUT2D eigenvalue weighted by Gasteiger charge is 2.19. The van der Waals surface area contributed by atoms with Gasteiger partial charge in [-0.05, 0) is 36.8 Å². The number of para-hydroxylation sites is 1. The minimum absolute atomic E-state index is 0.0144. The van der Waals surface area contributed by atoms with Crippen molar-refractivity contribution in [1.29, 1.82) is 0 Å². The molecule has 5 heteroatoms. The zero-order valence-corrected chi connectivity index (χ0v) is 13.5. The largest absolute Gasteiger partial charge is 0.481 e. The molecular weight excluding hydrogens is 280 g/mol. The number of nitrogens with two attached hydrogens (primary N) is 1. The minimum atomic E-state index is -0.866. The van der Waals surface area contributed by atoms with E-state index in [0.717, 1.165) is 5.56 Å². The van der Waals surface area contributed by atoms with Gasteiger partial charge in [-0.25, -0.2) is 0 Å². The van der Waals surface area contributed by atoms with Gasteiger partial charge in [-0.2, -0.15) is 0 Å². The fourth-order valence-corrected chi connectivity index (χ4v) is 2.62. The topological polar surface area (TPSA) is 92.4 Å². The van der Waals surface area contributed by atoms with Gasteiger partial charge in [0, 0.05) is 24.6 Å². The first-order valence-corrected chi connectivity index (χ1v) is 7.65. The summed E-state index contributed by atoms with van der Waals surface area (Å²) in [4.78, 5) is 23.1. The molecule has 0 spiro atoms. The SMILES string of the molecule is CC(C)C[C@@H](CC(=O)O)CC(=O)Nc1ccccc1[C@@H](C)N. The highest BCUT2D eigenvalue weighted by molar-refractivity contribution is 5.92. The van der Waals surface area contributed by atoms with E-state index in [0.29, 0.717) is 18.0 Å². The number of carboxylic acid groups (broad SMARTS) is 1. The van der Waals surface area contributed by atoms with Crippen molar-refractivity contribution in [3.8, 4) is 0 Å². The first-order valence-electron chi connectivity index (χ1n) is 7.65. The Balaban J connectivity index is 2.73. The molecule has 0 radical (unpaired) electrons. The molecule has 22 heavy (non-hydrogen) atoms. The highest BCUT2D eigenvalue weighted by Crippen LogP contribution is 2.23. The van der Waals surface area contributed by atoms with E-state index in [2.05, 4.69) is 5.32 Å². The second kappa shape index (κ2) is 8.54. The molecule has 0 fully saturated rings. The molecule has 5 nitrogen and oxygen atoms in total. The third-order valence-electron chi connectivity index (χ3n) is 3.47. The third kappa shape index (κ3) is 6.26. The van der Waals surface area contributed by atoms with Crippen LogP contribution in [0, 0.1) is 11.8 Å². The molecule has 4 N–H and O–H groups in total. The molecule has 0 aromatic heterocycles. The van der Waals surface area contributed by atoms with E-state index in [1.54, 1.807) is 0 Å². The van der Waals surface area contributed by atoms with Crippen LogP contribution in [0.4, 0.5) is 5.69 Å². The molecule has 0 aliphatic carbocycles. The van der Waals surface area contributed by atoms with Crippen LogP contribution in [-0.2, 0) is 9.59 Å². The fraction of sp³-hybridized carbons (Fsp3) is 0.529. The quantitative estimate of drug-likeness (QED) is 0.687. The average Bonchev–Trinajstić information content (AvgIpc) is 2.36. The number of carbonyl (C=O) groups excluding carboxylic acids is 1. The monoisotopic (exact) mass is 306 g/mol. The molecule has 0 saturated carbocycles. The van der Waals surface area contributed by atoms with Crippen molar-refractivity contribution in [3.63, 3.8) is 0 Å². The van der Waals surface area contributed by atoms with E-state index >= 15 is 0 Å². The average molecular weight is 306 g/mol. The van der Waals surface area contributed by atoms with Crippen LogP contribution in [-0.4, -0.2) is 17.0 Å². The number of amides is 1. The Morgan fingerprint density at radius 2 is 1.82 bits per heavy atom. The zero-order chi connectivity index (χ0) is 16.7. The summed E-state index contributed by atoms with van der Waals surface area (Å²) < 4.78 is 0. The van der Waals surface area contributed by atoms with E-state index in [1.807, 2.05) is 45.0 Å². The van der Waals surface area contributed by atoms with Gasteiger partial charge in [0.05, 0.1) is 0 Å². The van der Waals surface area contributed by atoms with Gasteiger partial charge in [-0.3, -0.25) is 9.59 Å². The molecule has 0 saturated heterocycles. The second-order valence-corrected chi connectivity index (χ2v) is 6.22. The summed E-state index contributed by atoms with van der Waals surface area (Å²) in [6.07, 6.45) is 0.937. The maximum atomic E-state index is 12.2. The van der Waals surface area contributed by atoms with Crippen molar-refractivity contribution in [2.24, 2.45) is 17.6 Å². The van der Waals surface area contributed by atoms with Gasteiger partial charge in [0.15, 0.2) is 0 Å². The predicted octanol–water partition coefficient (Wildman–Crippen LogP) is 3.17. The third-order valence-corrected chi connectivity index (χ3v) is 3.47. The predicted molar refractivity (Wildman–Crippen MR) is 87.5 cm³/mol. The van der Waals surface area contributed by atoms with Crippen molar-refractivity contribution in [3.05, 3.63) is 29.8 Å². The molecular formula is C17H26N2O3. The Hall–Kier alpha value is -1.88. The first-order chi connectivity index (χ1) is 10.3. The van der Waals surface area contributed by atoms with Gasteiger partial charge in [0.25, 0.3) is 0 Å². The van der Waals surface area contributed by atoms with E-state index < -0.39 is 5.97 Å². The molecule has 0 aliphatic heterocycles. The van der Waals surface area contributed by atoms with Gasteiger partial charge >= 0.3 is 5.97 Å². The van der Waals surface area contributed by atoms with Crippen molar-refractivity contribution < 1.29 is 14.7 Å². The Bertz CT molecular complexity index is 512. The summed E-state index contributed by atoms with van der Waals surface area (Å²) in [7, 11) is 0. The zero-order valence-electron chi connectivity index (χ0n) is 13.5. The van der Waals surface area contributed by atoms with Crippen LogP contribution in [0.1, 0.15) is 51.6 Å². The van der Waals surface area contributed by atoms with Gasteiger partial charge in [-0.15, -0.1) is 0 Å². The maximum absolute atomic E-state index is 12.2. The number of carboxylic acids is 1. The van der Waals surface area contributed by atoms with Crippen LogP contribution in [0.3, 0.4) is 0 Å². The Morgan fingerprint density at radius 1 is 1.18 bits per heavy atom. The molecule has 1 rings (SSSR count). The molecule has 1 amide bonds. The van der Waals surface area contributed by atoms with Crippen LogP contribution >= 0.6 is 0 Å². The van der Waals surface area contributed by atoms with Crippen LogP contribution in [0.5, 0.6) is 0 Å². The van der Waals surface area contributed by atoms with Crippen molar-refractivity contribution in [2.45, 2.75) is 46.1 Å². The van der Waals surface area contributed by atoms with E-state index in [-0.39, 0.29) is 30.7 Å². The normalized spacial score (nSPS) is 13.7. The van der Waals surface area contributed by atoms with E-state index in [4.69, 9.17) is 10.8 Å². The van der Waals surface area contributed by atoms with Crippen molar-refractivity contribution in [1.82, 2.24) is 0 Å². The number of carbonyl (C=O) groups is 2. The Kier molecular flexibility index (Phi) is 7.05. The number of rotatable bonds is 8. The van der Waals surface area contributed by atoms with Crippen LogP contribution in [0.15, 0.2) is 24.3 Å². The summed E-state index contributed by atoms with van der Waals surface area (Å²) in [5.41, 5.74) is 7.46. The lowest BCUT2D eigenvalue weighted by Crippen LogP contribution is -2.21. The van der Waals surface area contributed by atoms with E-state index in [1.165, 1.54) is 0 Å². The Morgan fingerprint density at radius 3 is 2.36 bits per heavy atom. The summed E-state index contributed by atoms with van der Waals surface area (Å²) in [6.45, 7) is 5.91. The molecule has 0 unspecified atom stereocenters. The lowest BCUT2D eigenvalue weighted by molar-refractivity contribution is -0.138. The standard InChI is InChI=1S/C17H26N2O3/c1-11(2)8-13(10-17(21)22)9-16(20)19-15-7-5-4-6-14(15)12(3)18/h4-7,11-13H,8-10,18H2,1-3H3,(H,19,20)(H,21,22)/t12-,13-/m1/s1. The molecule has 122 valence electrons. The lowest BCUT2D eigenvalue weighted by Gasteiger charge is -2.18. The molecule has 0 bridgehead atoms. The number of anilines is 1. The smallest absolute Gasteiger partial charge is 0.303 e. The number of hydrogen-bond donors (Lipinski definition) is 3. The van der Waals surface area contributed by atoms with Crippen LogP contribution < -0.4 is 11.1 Å².